The summed E-state index contributed by atoms with van der Waals surface area (Å²) in [5.74, 6) is -1.05. The maximum Gasteiger partial charge on any atom is 0.297 e. The maximum absolute atomic E-state index is 14.7. The Kier molecular flexibility index (Phi) is 12.3. The van der Waals surface area contributed by atoms with Crippen molar-refractivity contribution in [2.24, 2.45) is 11.3 Å². The summed E-state index contributed by atoms with van der Waals surface area (Å²) in [5, 5.41) is 36.7. The van der Waals surface area contributed by atoms with Crippen molar-refractivity contribution in [2.75, 3.05) is 36.5 Å². The molecular weight excluding hydrogens is 906 g/mol. The summed E-state index contributed by atoms with van der Waals surface area (Å²) in [4.78, 5) is 37.1. The molecule has 0 bridgehead atoms. The number of H-pyrrole nitrogens is 1. The number of halogens is 1. The van der Waals surface area contributed by atoms with Crippen LogP contribution in [0, 0.1) is 27.3 Å². The largest absolute Gasteiger partial charge is 0.489 e. The van der Waals surface area contributed by atoms with Crippen LogP contribution in [-0.4, -0.2) is 94.4 Å². The molecule has 3 aliphatic heterocycles. The van der Waals surface area contributed by atoms with Gasteiger partial charge in [-0.1, -0.05) is 38.1 Å². The number of aliphatic hydroxyl groups is 2. The molecule has 3 atom stereocenters. The van der Waals surface area contributed by atoms with Gasteiger partial charge in [-0.15, -0.1) is 0 Å². The third-order valence-electron chi connectivity index (χ3n) is 15.8. The number of fused-ring (bicyclic) bond motifs is 2. The van der Waals surface area contributed by atoms with Crippen molar-refractivity contribution < 1.29 is 42.2 Å². The van der Waals surface area contributed by atoms with Gasteiger partial charge in [0.05, 0.1) is 45.2 Å². The monoisotopic (exact) mass is 965 g/mol. The molecule has 1 unspecified atom stereocenters. The number of anilines is 2. The van der Waals surface area contributed by atoms with Crippen molar-refractivity contribution in [2.45, 2.75) is 126 Å². The molecule has 0 radical (unpaired) electrons. The number of rotatable bonds is 12. The van der Waals surface area contributed by atoms with Crippen LogP contribution in [0.2, 0.25) is 0 Å². The van der Waals surface area contributed by atoms with Gasteiger partial charge in [0.15, 0.2) is 11.4 Å². The summed E-state index contributed by atoms with van der Waals surface area (Å²) in [6.45, 7) is 8.00. The summed E-state index contributed by atoms with van der Waals surface area (Å²) in [6, 6.07) is 17.6. The molecule has 16 nitrogen and oxygen atoms in total. The quantitative estimate of drug-likeness (QED) is 0.0586. The van der Waals surface area contributed by atoms with Crippen LogP contribution in [0.3, 0.4) is 0 Å². The molecule has 2 saturated heterocycles. The summed E-state index contributed by atoms with van der Waals surface area (Å²) in [5.41, 5.74) is 2.55. The number of nitro benzene ring substituents is 1. The zero-order valence-corrected chi connectivity index (χ0v) is 39.9. The number of aliphatic hydroxyl groups excluding tert-OH is 1. The minimum absolute atomic E-state index is 0.00249. The molecule has 5 aromatic rings. The third kappa shape index (κ3) is 9.12. The topological polar surface area (TPSA) is 212 Å². The van der Waals surface area contributed by atoms with E-state index in [2.05, 4.69) is 67.9 Å². The van der Waals surface area contributed by atoms with Crippen LogP contribution in [0.4, 0.5) is 21.5 Å². The number of hydrogen-bond donors (Lipinski definition) is 5. The fraction of sp³-hybridized carbons (Fsp3) is 0.490. The number of likely N-dealkylation sites (tertiary alicyclic amines) is 1. The Morgan fingerprint density at radius 1 is 1.06 bits per heavy atom. The average Bonchev–Trinajstić information content (AvgIpc) is 3.92. The van der Waals surface area contributed by atoms with Gasteiger partial charge in [0, 0.05) is 61.3 Å². The number of piperidine rings is 1. The second-order valence-electron chi connectivity index (χ2n) is 20.6. The van der Waals surface area contributed by atoms with Crippen molar-refractivity contribution in [3.8, 4) is 17.2 Å². The number of carbonyl (C=O) groups is 1. The number of ether oxygens (including phenoxy) is 2. The van der Waals surface area contributed by atoms with Gasteiger partial charge in [0.1, 0.15) is 29.6 Å². The van der Waals surface area contributed by atoms with Gasteiger partial charge in [0.25, 0.3) is 21.6 Å². The predicted molar refractivity (Wildman–Crippen MR) is 258 cm³/mol. The van der Waals surface area contributed by atoms with E-state index in [4.69, 9.17) is 9.47 Å². The predicted octanol–water partition coefficient (Wildman–Crippen LogP) is 8.71. The second kappa shape index (κ2) is 18.2. The van der Waals surface area contributed by atoms with Crippen LogP contribution in [0.1, 0.15) is 118 Å². The van der Waals surface area contributed by atoms with Gasteiger partial charge in [-0.05, 0) is 118 Å². The molecule has 366 valence electrons. The fourth-order valence-electron chi connectivity index (χ4n) is 11.9. The molecule has 1 amide bonds. The number of aromatic amines is 1. The van der Waals surface area contributed by atoms with Crippen LogP contribution < -0.4 is 24.4 Å². The molecule has 1 spiro atoms. The van der Waals surface area contributed by atoms with Crippen molar-refractivity contribution in [3.63, 3.8) is 0 Å². The van der Waals surface area contributed by atoms with E-state index in [9.17, 15) is 37.9 Å². The molecule has 2 aromatic heterocycles. The van der Waals surface area contributed by atoms with Gasteiger partial charge in [-0.2, -0.15) is 0 Å². The van der Waals surface area contributed by atoms with E-state index in [0.29, 0.717) is 43.3 Å². The minimum Gasteiger partial charge on any atom is -0.489 e. The number of pyridine rings is 1. The zero-order chi connectivity index (χ0) is 48.4. The number of amides is 1. The molecule has 5 N–H and O–H groups in total. The SMILES string of the molecule is CC(C)c1ccccc1[C@@H]1CC[C@H](CO)N1C1CC2(CCN(c3ccc(C(=O)NS(=O)(=O)c4cc5c(c([N+](=O)[O-])c4)NC(C4CCC(C)(O)CC4)CO5)c(Oc4cnc5[nH]cc(F)c5c4)c3)CC2)C1. The molecule has 4 fully saturated rings. The normalized spacial score (nSPS) is 24.9. The maximum atomic E-state index is 14.7. The molecule has 2 aliphatic carbocycles. The lowest BCUT2D eigenvalue weighted by atomic mass is 9.59. The minimum atomic E-state index is -4.73. The van der Waals surface area contributed by atoms with E-state index in [0.717, 1.165) is 69.4 Å². The van der Waals surface area contributed by atoms with E-state index in [1.807, 2.05) is 0 Å². The fourth-order valence-corrected chi connectivity index (χ4v) is 12.9. The van der Waals surface area contributed by atoms with Gasteiger partial charge < -0.3 is 34.9 Å². The van der Waals surface area contributed by atoms with Crippen molar-refractivity contribution in [3.05, 3.63) is 106 Å². The lowest BCUT2D eigenvalue weighted by Crippen LogP contribution is -2.57. The van der Waals surface area contributed by atoms with Gasteiger partial charge in [0.2, 0.25) is 0 Å². The number of sulfonamides is 1. The molecule has 3 aromatic carbocycles. The molecule has 5 aliphatic rings. The lowest BCUT2D eigenvalue weighted by molar-refractivity contribution is -0.384. The Balaban J connectivity index is 0.868. The van der Waals surface area contributed by atoms with Crippen molar-refractivity contribution in [1.82, 2.24) is 19.6 Å². The molecule has 2 saturated carbocycles. The van der Waals surface area contributed by atoms with E-state index in [1.165, 1.54) is 35.7 Å². The first-order chi connectivity index (χ1) is 33.0. The first-order valence-electron chi connectivity index (χ1n) is 24.2. The Morgan fingerprint density at radius 3 is 2.54 bits per heavy atom. The van der Waals surface area contributed by atoms with Gasteiger partial charge in [-0.25, -0.2) is 22.5 Å². The van der Waals surface area contributed by atoms with Crippen LogP contribution in [0.5, 0.6) is 17.2 Å². The standard InChI is InChI=1S/C51H60FN7O9S/c1-30(2)37-6-4-5-7-38(37)43-11-9-33(28-60)58(43)34-24-51(25-34)16-18-57(19-17-51)32-8-10-39(45(20-32)68-35-21-40-41(52)27-54-48(40)53-26-35)49(61)56-69(65,66)36-22-44(59(63)64)47-46(23-36)67-29-42(55-47)31-12-14-50(3,62)15-13-31/h4-8,10,20-23,26-27,30-31,33-34,42-43,55,60,62H,9,11-19,24-25,28-29H2,1-3H3,(H,53,54)(H,56,61)/t31?,33-,42?,43+,50?/m1/s1. The Labute approximate surface area is 400 Å². The van der Waals surface area contributed by atoms with E-state index in [-0.39, 0.29) is 76.6 Å². The Bertz CT molecular complexity index is 2880. The average molecular weight is 966 g/mol. The van der Waals surface area contributed by atoms with Crippen LogP contribution in [0.15, 0.2) is 78.0 Å². The summed E-state index contributed by atoms with van der Waals surface area (Å²) < 4.78 is 57.0. The van der Waals surface area contributed by atoms with Crippen LogP contribution in [0.25, 0.3) is 11.0 Å². The smallest absolute Gasteiger partial charge is 0.297 e. The molecule has 18 heteroatoms. The van der Waals surface area contributed by atoms with Crippen molar-refractivity contribution >= 4 is 44.0 Å². The molecular formula is C51H60FN7O9S. The highest BCUT2D eigenvalue weighted by Gasteiger charge is 2.52. The highest BCUT2D eigenvalue weighted by molar-refractivity contribution is 7.90. The Hall–Kier alpha value is -5.82. The van der Waals surface area contributed by atoms with Crippen molar-refractivity contribution in [1.29, 1.82) is 0 Å². The molecule has 10 rings (SSSR count). The Morgan fingerprint density at radius 2 is 1.81 bits per heavy atom. The number of nitro groups is 1. The first-order valence-corrected chi connectivity index (χ1v) is 25.7. The van der Waals surface area contributed by atoms with Gasteiger partial charge in [-0.3, -0.25) is 19.8 Å². The van der Waals surface area contributed by atoms with Crippen LogP contribution >= 0.6 is 0 Å². The first kappa shape index (κ1) is 46.9. The van der Waals surface area contributed by atoms with Crippen LogP contribution in [-0.2, 0) is 10.0 Å². The highest BCUT2D eigenvalue weighted by atomic mass is 32.2. The number of nitrogens with zero attached hydrogens (tertiary/aromatic N) is 4. The number of aromatic nitrogens is 2. The summed E-state index contributed by atoms with van der Waals surface area (Å²) >= 11 is 0. The van der Waals surface area contributed by atoms with Gasteiger partial charge >= 0.3 is 0 Å². The zero-order valence-electron chi connectivity index (χ0n) is 39.1. The summed E-state index contributed by atoms with van der Waals surface area (Å²) in [7, 11) is -4.73. The molecule has 5 heterocycles. The summed E-state index contributed by atoms with van der Waals surface area (Å²) in [6.07, 6.45) is 11.1. The van der Waals surface area contributed by atoms with E-state index < -0.39 is 42.9 Å². The number of carbonyl (C=O) groups excluding carboxylic acids is 1. The number of hydrogen-bond acceptors (Lipinski definition) is 13. The highest BCUT2D eigenvalue weighted by Crippen LogP contribution is 2.55. The number of benzene rings is 3. The third-order valence-corrected chi connectivity index (χ3v) is 17.1. The number of nitrogens with one attached hydrogen (secondary N) is 3. The lowest BCUT2D eigenvalue weighted by Gasteiger charge is -2.57. The molecule has 69 heavy (non-hydrogen) atoms. The van der Waals surface area contributed by atoms with E-state index >= 15 is 0 Å². The second-order valence-corrected chi connectivity index (χ2v) is 22.3. The van der Waals surface area contributed by atoms with E-state index in [1.54, 1.807) is 19.1 Å².